The molecule has 2 N–H and O–H groups in total. The first-order valence-corrected chi connectivity index (χ1v) is 8.29. The van der Waals surface area contributed by atoms with Crippen molar-refractivity contribution in [2.24, 2.45) is 0 Å². The Labute approximate surface area is 137 Å². The number of piperidine rings is 1. The van der Waals surface area contributed by atoms with Crippen LogP contribution in [-0.2, 0) is 4.79 Å². The van der Waals surface area contributed by atoms with Crippen molar-refractivity contribution < 1.29 is 4.79 Å². The predicted octanol–water partition coefficient (Wildman–Crippen LogP) is 4.62. The summed E-state index contributed by atoms with van der Waals surface area (Å²) >= 11 is 15.5. The van der Waals surface area contributed by atoms with Gasteiger partial charge in [-0.2, -0.15) is 0 Å². The number of halogens is 3. The summed E-state index contributed by atoms with van der Waals surface area (Å²) in [4.78, 5) is 12.0. The molecule has 20 heavy (non-hydrogen) atoms. The summed E-state index contributed by atoms with van der Waals surface area (Å²) in [6.07, 6.45) is 4.93. The summed E-state index contributed by atoms with van der Waals surface area (Å²) in [6, 6.07) is 3.88. The Morgan fingerprint density at radius 1 is 1.35 bits per heavy atom. The fraction of sp³-hybridized carbons (Fsp3) is 0.500. The van der Waals surface area contributed by atoms with Crippen molar-refractivity contribution in [1.82, 2.24) is 5.32 Å². The Kier molecular flexibility index (Phi) is 6.15. The first-order valence-electron chi connectivity index (χ1n) is 6.74. The van der Waals surface area contributed by atoms with E-state index >= 15 is 0 Å². The maximum atomic E-state index is 12.0. The summed E-state index contributed by atoms with van der Waals surface area (Å²) in [6.45, 7) is 1.05. The molecule has 0 aliphatic carbocycles. The monoisotopic (exact) mass is 378 g/mol. The Balaban J connectivity index is 1.88. The van der Waals surface area contributed by atoms with Gasteiger partial charge in [0.05, 0.1) is 15.7 Å². The minimum Gasteiger partial charge on any atom is -0.324 e. The topological polar surface area (TPSA) is 41.1 Å². The van der Waals surface area contributed by atoms with Crippen LogP contribution in [0.4, 0.5) is 5.69 Å². The van der Waals surface area contributed by atoms with Crippen LogP contribution in [-0.4, -0.2) is 18.5 Å². The highest BCUT2D eigenvalue weighted by molar-refractivity contribution is 9.10. The van der Waals surface area contributed by atoms with Crippen LogP contribution in [0.15, 0.2) is 16.6 Å². The zero-order chi connectivity index (χ0) is 14.5. The fourth-order valence-corrected chi connectivity index (χ4v) is 3.64. The lowest BCUT2D eigenvalue weighted by atomic mass is 10.0. The summed E-state index contributed by atoms with van der Waals surface area (Å²) in [7, 11) is 0. The van der Waals surface area contributed by atoms with E-state index in [0.29, 0.717) is 28.2 Å². The van der Waals surface area contributed by atoms with Gasteiger partial charge in [0.1, 0.15) is 0 Å². The van der Waals surface area contributed by atoms with Crippen molar-refractivity contribution in [2.75, 3.05) is 11.9 Å². The van der Waals surface area contributed by atoms with E-state index in [0.717, 1.165) is 23.9 Å². The largest absolute Gasteiger partial charge is 0.324 e. The zero-order valence-corrected chi connectivity index (χ0v) is 14.1. The number of carbonyl (C=O) groups excluding carboxylic acids is 1. The molecule has 1 aromatic rings. The van der Waals surface area contributed by atoms with Gasteiger partial charge in [-0.1, -0.05) is 45.6 Å². The lowest BCUT2D eigenvalue weighted by Crippen LogP contribution is -2.34. The van der Waals surface area contributed by atoms with Crippen LogP contribution in [0, 0.1) is 0 Å². The van der Waals surface area contributed by atoms with Gasteiger partial charge in [0, 0.05) is 16.9 Å². The number of nitrogens with one attached hydrogen (secondary N) is 2. The summed E-state index contributed by atoms with van der Waals surface area (Å²) < 4.78 is 0.789. The van der Waals surface area contributed by atoms with E-state index in [4.69, 9.17) is 23.2 Å². The van der Waals surface area contributed by atoms with Crippen molar-refractivity contribution in [2.45, 2.75) is 38.1 Å². The Morgan fingerprint density at radius 2 is 2.05 bits per heavy atom. The number of anilines is 1. The van der Waals surface area contributed by atoms with Gasteiger partial charge in [-0.05, 0) is 37.9 Å². The lowest BCUT2D eigenvalue weighted by Gasteiger charge is -2.23. The quantitative estimate of drug-likeness (QED) is 0.801. The van der Waals surface area contributed by atoms with Gasteiger partial charge in [-0.15, -0.1) is 0 Å². The first-order chi connectivity index (χ1) is 9.56. The molecule has 1 atom stereocenters. The SMILES string of the molecule is O=C(CCC1CCCCN1)Nc1c(Cl)cc(Br)cc1Cl. The smallest absolute Gasteiger partial charge is 0.224 e. The van der Waals surface area contributed by atoms with Crippen LogP contribution in [0.25, 0.3) is 0 Å². The lowest BCUT2D eigenvalue weighted by molar-refractivity contribution is -0.116. The Hall–Kier alpha value is -0.290. The molecular weight excluding hydrogens is 363 g/mol. The molecule has 1 unspecified atom stereocenters. The molecule has 0 spiro atoms. The first kappa shape index (κ1) is 16.1. The third-order valence-corrected chi connectivity index (χ3v) is 4.46. The highest BCUT2D eigenvalue weighted by Crippen LogP contribution is 2.33. The van der Waals surface area contributed by atoms with Crippen LogP contribution in [0.3, 0.4) is 0 Å². The average molecular weight is 380 g/mol. The van der Waals surface area contributed by atoms with Crippen LogP contribution < -0.4 is 10.6 Å². The zero-order valence-electron chi connectivity index (χ0n) is 11.0. The van der Waals surface area contributed by atoms with Gasteiger partial charge in [-0.3, -0.25) is 4.79 Å². The Morgan fingerprint density at radius 3 is 2.65 bits per heavy atom. The van der Waals surface area contributed by atoms with Crippen LogP contribution in [0.2, 0.25) is 10.0 Å². The van der Waals surface area contributed by atoms with Gasteiger partial charge in [0.2, 0.25) is 5.91 Å². The molecular formula is C14H17BrCl2N2O. The van der Waals surface area contributed by atoms with E-state index in [1.165, 1.54) is 12.8 Å². The van der Waals surface area contributed by atoms with Crippen LogP contribution >= 0.6 is 39.1 Å². The van der Waals surface area contributed by atoms with Crippen LogP contribution in [0.5, 0.6) is 0 Å². The minimum atomic E-state index is -0.0523. The molecule has 1 saturated heterocycles. The number of rotatable bonds is 4. The number of carbonyl (C=O) groups is 1. The fourth-order valence-electron chi connectivity index (χ4n) is 2.34. The highest BCUT2D eigenvalue weighted by atomic mass is 79.9. The molecule has 0 saturated carbocycles. The van der Waals surface area contributed by atoms with Crippen molar-refractivity contribution in [3.05, 3.63) is 26.7 Å². The van der Waals surface area contributed by atoms with E-state index in [2.05, 4.69) is 26.6 Å². The summed E-state index contributed by atoms with van der Waals surface area (Å²) in [5.41, 5.74) is 0.484. The summed E-state index contributed by atoms with van der Waals surface area (Å²) in [5.74, 6) is -0.0523. The second kappa shape index (κ2) is 7.64. The number of hydrogen-bond acceptors (Lipinski definition) is 2. The molecule has 0 bridgehead atoms. The van der Waals surface area contributed by atoms with E-state index in [1.54, 1.807) is 12.1 Å². The van der Waals surface area contributed by atoms with E-state index < -0.39 is 0 Å². The second-order valence-electron chi connectivity index (χ2n) is 4.98. The molecule has 1 heterocycles. The molecule has 1 fully saturated rings. The highest BCUT2D eigenvalue weighted by Gasteiger charge is 2.15. The molecule has 3 nitrogen and oxygen atoms in total. The molecule has 0 aromatic heterocycles. The van der Waals surface area contributed by atoms with Gasteiger partial charge in [0.25, 0.3) is 0 Å². The van der Waals surface area contributed by atoms with Gasteiger partial charge in [-0.25, -0.2) is 0 Å². The van der Waals surface area contributed by atoms with Gasteiger partial charge >= 0.3 is 0 Å². The second-order valence-corrected chi connectivity index (χ2v) is 6.71. The molecule has 1 amide bonds. The minimum absolute atomic E-state index is 0.0523. The molecule has 2 rings (SSSR count). The number of benzene rings is 1. The van der Waals surface area contributed by atoms with Crippen molar-refractivity contribution in [3.63, 3.8) is 0 Å². The normalized spacial score (nSPS) is 18.9. The van der Waals surface area contributed by atoms with E-state index in [-0.39, 0.29) is 5.91 Å². The standard InChI is InChI=1S/C14H17BrCl2N2O/c15-9-7-11(16)14(12(17)8-9)19-13(20)5-4-10-3-1-2-6-18-10/h7-8,10,18H,1-6H2,(H,19,20). The molecule has 0 radical (unpaired) electrons. The maximum absolute atomic E-state index is 12.0. The molecule has 1 aromatic carbocycles. The molecule has 6 heteroatoms. The Bertz CT molecular complexity index is 467. The number of hydrogen-bond donors (Lipinski definition) is 2. The van der Waals surface area contributed by atoms with Crippen molar-refractivity contribution >= 4 is 50.7 Å². The van der Waals surface area contributed by atoms with Gasteiger partial charge in [0.15, 0.2) is 0 Å². The van der Waals surface area contributed by atoms with Crippen LogP contribution in [0.1, 0.15) is 32.1 Å². The van der Waals surface area contributed by atoms with Crippen molar-refractivity contribution in [1.29, 1.82) is 0 Å². The summed E-state index contributed by atoms with van der Waals surface area (Å²) in [5, 5.41) is 7.10. The van der Waals surface area contributed by atoms with E-state index in [9.17, 15) is 4.79 Å². The third-order valence-electron chi connectivity index (χ3n) is 3.40. The predicted molar refractivity (Wildman–Crippen MR) is 87.7 cm³/mol. The van der Waals surface area contributed by atoms with Gasteiger partial charge < -0.3 is 10.6 Å². The van der Waals surface area contributed by atoms with Crippen molar-refractivity contribution in [3.8, 4) is 0 Å². The molecule has 1 aliphatic heterocycles. The maximum Gasteiger partial charge on any atom is 0.224 e. The van der Waals surface area contributed by atoms with E-state index in [1.807, 2.05) is 0 Å². The average Bonchev–Trinajstić information content (AvgIpc) is 2.42. The number of amides is 1. The molecule has 110 valence electrons. The third kappa shape index (κ3) is 4.62. The molecule has 1 aliphatic rings.